The third-order valence-electron chi connectivity index (χ3n) is 6.52. The van der Waals surface area contributed by atoms with Crippen molar-refractivity contribution < 1.29 is 26.4 Å². The van der Waals surface area contributed by atoms with Gasteiger partial charge in [-0.1, -0.05) is 18.2 Å². The Morgan fingerprint density at radius 1 is 0.950 bits per heavy atom. The van der Waals surface area contributed by atoms with Gasteiger partial charge in [0.05, 0.1) is 23.1 Å². The molecule has 0 aliphatic rings. The zero-order valence-electron chi connectivity index (χ0n) is 21.3. The van der Waals surface area contributed by atoms with E-state index in [0.29, 0.717) is 38.9 Å². The van der Waals surface area contributed by atoms with E-state index in [9.17, 15) is 26.4 Å². The van der Waals surface area contributed by atoms with Gasteiger partial charge in [0, 0.05) is 41.2 Å². The minimum atomic E-state index is -3.50. The fourth-order valence-corrected chi connectivity index (χ4v) is 5.40. The number of aromatic nitrogens is 2. The summed E-state index contributed by atoms with van der Waals surface area (Å²) in [6.07, 6.45) is 4.16. The van der Waals surface area contributed by atoms with Gasteiger partial charge in [-0.05, 0) is 71.6 Å². The zero-order valence-corrected chi connectivity index (χ0v) is 22.1. The second kappa shape index (κ2) is 11.0. The number of benzene rings is 3. The maximum Gasteiger partial charge on any atom is 0.225 e. The van der Waals surface area contributed by atoms with Crippen LogP contribution in [0.15, 0.2) is 90.1 Å². The monoisotopic (exact) mass is 563 g/mol. The standard InChI is InChI=1S/C30H24F3N3O3S/c1-40(38,39)24-5-2-4-19(13-24)25-6-3-9-34-30(25)28(12-18-10-22(32)15-23(33)11-18)36-29(37)14-20-17-35-27-8-7-21(31)16-26(20)27/h2-11,13,15-17,28,35H,12,14H2,1H3,(H,36,37). The minimum absolute atomic E-state index is 0.00128. The summed E-state index contributed by atoms with van der Waals surface area (Å²) in [6, 6.07) is 16.2. The highest BCUT2D eigenvalue weighted by Crippen LogP contribution is 2.31. The number of pyridine rings is 1. The summed E-state index contributed by atoms with van der Waals surface area (Å²) in [6.45, 7) is 0. The van der Waals surface area contributed by atoms with E-state index in [1.807, 2.05) is 0 Å². The van der Waals surface area contributed by atoms with E-state index < -0.39 is 39.2 Å². The first-order valence-corrected chi connectivity index (χ1v) is 14.2. The highest BCUT2D eigenvalue weighted by atomic mass is 32.2. The number of carbonyl (C=O) groups excluding carboxylic acids is 1. The molecule has 10 heteroatoms. The summed E-state index contributed by atoms with van der Waals surface area (Å²) in [5.41, 5.74) is 3.01. The molecule has 1 amide bonds. The Hall–Kier alpha value is -4.44. The first-order chi connectivity index (χ1) is 19.1. The van der Waals surface area contributed by atoms with Crippen LogP contribution < -0.4 is 5.32 Å². The largest absolute Gasteiger partial charge is 0.361 e. The lowest BCUT2D eigenvalue weighted by atomic mass is 9.95. The molecule has 0 bridgehead atoms. The lowest BCUT2D eigenvalue weighted by Crippen LogP contribution is -2.32. The number of hydrogen-bond acceptors (Lipinski definition) is 4. The van der Waals surface area contributed by atoms with E-state index >= 15 is 0 Å². The minimum Gasteiger partial charge on any atom is -0.361 e. The summed E-state index contributed by atoms with van der Waals surface area (Å²) in [5, 5.41) is 3.49. The van der Waals surface area contributed by atoms with Crippen molar-refractivity contribution in [3.8, 4) is 11.1 Å². The molecule has 1 unspecified atom stereocenters. The first-order valence-electron chi connectivity index (χ1n) is 12.3. The molecule has 204 valence electrons. The van der Waals surface area contributed by atoms with E-state index in [0.717, 1.165) is 12.3 Å². The van der Waals surface area contributed by atoms with Crippen LogP contribution in [0.5, 0.6) is 0 Å². The Bertz CT molecular complexity index is 1820. The van der Waals surface area contributed by atoms with Gasteiger partial charge in [-0.15, -0.1) is 0 Å². The average Bonchev–Trinajstić information content (AvgIpc) is 3.28. The molecule has 0 saturated carbocycles. The van der Waals surface area contributed by atoms with Crippen molar-refractivity contribution in [2.45, 2.75) is 23.8 Å². The molecule has 0 radical (unpaired) electrons. The van der Waals surface area contributed by atoms with Crippen molar-refractivity contribution >= 4 is 26.6 Å². The van der Waals surface area contributed by atoms with E-state index in [1.165, 1.54) is 42.6 Å². The molecule has 0 aliphatic heterocycles. The van der Waals surface area contributed by atoms with Gasteiger partial charge in [0.25, 0.3) is 0 Å². The molecule has 5 rings (SSSR count). The second-order valence-electron chi connectivity index (χ2n) is 9.52. The molecule has 5 aromatic rings. The van der Waals surface area contributed by atoms with Gasteiger partial charge in [0.15, 0.2) is 9.84 Å². The number of halogens is 3. The summed E-state index contributed by atoms with van der Waals surface area (Å²) >= 11 is 0. The molecule has 0 aliphatic carbocycles. The van der Waals surface area contributed by atoms with E-state index in [1.54, 1.807) is 36.5 Å². The summed E-state index contributed by atoms with van der Waals surface area (Å²) < 4.78 is 66.3. The van der Waals surface area contributed by atoms with Crippen LogP contribution in [0.1, 0.15) is 22.9 Å². The number of amides is 1. The van der Waals surface area contributed by atoms with Crippen molar-refractivity contribution in [2.24, 2.45) is 0 Å². The Morgan fingerprint density at radius 2 is 1.73 bits per heavy atom. The van der Waals surface area contributed by atoms with Crippen molar-refractivity contribution in [1.29, 1.82) is 0 Å². The SMILES string of the molecule is CS(=O)(=O)c1cccc(-c2cccnc2C(Cc2cc(F)cc(F)c2)NC(=O)Cc2c[nH]c3ccc(F)cc23)c1. The Balaban J connectivity index is 1.53. The average molecular weight is 564 g/mol. The molecule has 1 atom stereocenters. The Morgan fingerprint density at radius 3 is 2.48 bits per heavy atom. The van der Waals surface area contributed by atoms with Gasteiger partial charge in [-0.25, -0.2) is 21.6 Å². The molecule has 6 nitrogen and oxygen atoms in total. The van der Waals surface area contributed by atoms with Crippen LogP contribution >= 0.6 is 0 Å². The summed E-state index contributed by atoms with van der Waals surface area (Å²) in [4.78, 5) is 20.9. The number of sulfone groups is 1. The first kappa shape index (κ1) is 27.1. The lowest BCUT2D eigenvalue weighted by molar-refractivity contribution is -0.121. The van der Waals surface area contributed by atoms with Crippen LogP contribution in [-0.4, -0.2) is 30.5 Å². The topological polar surface area (TPSA) is 91.9 Å². The number of fused-ring (bicyclic) bond motifs is 1. The molecule has 0 saturated heterocycles. The van der Waals surface area contributed by atoms with Crippen molar-refractivity contribution in [2.75, 3.05) is 6.26 Å². The predicted octanol–water partition coefficient (Wildman–Crippen LogP) is 5.69. The molecule has 2 N–H and O–H groups in total. The van der Waals surface area contributed by atoms with Gasteiger partial charge in [-0.3, -0.25) is 9.78 Å². The Labute approximate surface area is 228 Å². The number of H-pyrrole nitrogens is 1. The molecule has 3 aromatic carbocycles. The molecular weight excluding hydrogens is 539 g/mol. The molecule has 2 aromatic heterocycles. The van der Waals surface area contributed by atoms with Gasteiger partial charge in [0.1, 0.15) is 17.5 Å². The number of carbonyl (C=O) groups is 1. The predicted molar refractivity (Wildman–Crippen MR) is 146 cm³/mol. The van der Waals surface area contributed by atoms with Crippen LogP contribution in [0.25, 0.3) is 22.0 Å². The number of nitrogens with one attached hydrogen (secondary N) is 2. The van der Waals surface area contributed by atoms with Crippen molar-refractivity contribution in [1.82, 2.24) is 15.3 Å². The fraction of sp³-hybridized carbons (Fsp3) is 0.133. The van der Waals surface area contributed by atoms with Gasteiger partial charge in [-0.2, -0.15) is 0 Å². The number of aromatic amines is 1. The third-order valence-corrected chi connectivity index (χ3v) is 7.63. The number of rotatable bonds is 8. The molecule has 40 heavy (non-hydrogen) atoms. The maximum atomic E-state index is 14.0. The lowest BCUT2D eigenvalue weighted by Gasteiger charge is -2.22. The van der Waals surface area contributed by atoms with Gasteiger partial charge < -0.3 is 10.3 Å². The summed E-state index contributed by atoms with van der Waals surface area (Å²) in [5.74, 6) is -2.38. The zero-order chi connectivity index (χ0) is 28.4. The van der Waals surface area contributed by atoms with Crippen molar-refractivity contribution in [3.63, 3.8) is 0 Å². The summed E-state index contributed by atoms with van der Waals surface area (Å²) in [7, 11) is -3.50. The molecule has 2 heterocycles. The van der Waals surface area contributed by atoms with Crippen LogP contribution in [0.2, 0.25) is 0 Å². The van der Waals surface area contributed by atoms with Gasteiger partial charge in [0.2, 0.25) is 5.91 Å². The molecule has 0 fully saturated rings. The van der Waals surface area contributed by atoms with E-state index in [-0.39, 0.29) is 17.7 Å². The number of nitrogens with zero attached hydrogens (tertiary/aromatic N) is 1. The number of hydrogen-bond donors (Lipinski definition) is 2. The van der Waals surface area contributed by atoms with E-state index in [2.05, 4.69) is 15.3 Å². The highest BCUT2D eigenvalue weighted by molar-refractivity contribution is 7.90. The quantitative estimate of drug-likeness (QED) is 0.254. The molecular formula is C30H24F3N3O3S. The smallest absolute Gasteiger partial charge is 0.225 e. The van der Waals surface area contributed by atoms with E-state index in [4.69, 9.17) is 0 Å². The van der Waals surface area contributed by atoms with Crippen LogP contribution in [0.3, 0.4) is 0 Å². The van der Waals surface area contributed by atoms with Crippen LogP contribution in [-0.2, 0) is 27.5 Å². The van der Waals surface area contributed by atoms with Crippen LogP contribution in [0, 0.1) is 17.5 Å². The normalized spacial score (nSPS) is 12.4. The highest BCUT2D eigenvalue weighted by Gasteiger charge is 2.23. The van der Waals surface area contributed by atoms with Gasteiger partial charge >= 0.3 is 0 Å². The molecule has 0 spiro atoms. The Kier molecular flexibility index (Phi) is 7.44. The van der Waals surface area contributed by atoms with Crippen LogP contribution in [0.4, 0.5) is 13.2 Å². The maximum absolute atomic E-state index is 14.0. The fourth-order valence-electron chi connectivity index (χ4n) is 4.73. The second-order valence-corrected chi connectivity index (χ2v) is 11.5. The third kappa shape index (κ3) is 6.07. The van der Waals surface area contributed by atoms with Crippen molar-refractivity contribution in [3.05, 3.63) is 119 Å².